The van der Waals surface area contributed by atoms with Crippen LogP contribution in [0.5, 0.6) is 0 Å². The third kappa shape index (κ3) is 2.83. The van der Waals surface area contributed by atoms with Crippen molar-refractivity contribution in [2.75, 3.05) is 36.1 Å². The molecule has 2 aliphatic heterocycles. The van der Waals surface area contributed by atoms with E-state index in [-0.39, 0.29) is 5.91 Å². The van der Waals surface area contributed by atoms with Gasteiger partial charge in [0.05, 0.1) is 25.1 Å². The highest BCUT2D eigenvalue weighted by Crippen LogP contribution is 2.33. The Morgan fingerprint density at radius 1 is 1.15 bits per heavy atom. The van der Waals surface area contributed by atoms with E-state index in [2.05, 4.69) is 27.3 Å². The first-order chi connectivity index (χ1) is 12.6. The lowest BCUT2D eigenvalue weighted by Gasteiger charge is -2.29. The lowest BCUT2D eigenvalue weighted by molar-refractivity contribution is -0.121. The molecule has 7 heteroatoms. The van der Waals surface area contributed by atoms with Gasteiger partial charge in [0.2, 0.25) is 0 Å². The molecule has 6 nitrogen and oxygen atoms in total. The summed E-state index contributed by atoms with van der Waals surface area (Å²) in [6, 6.07) is 11.7. The SMILES string of the molecule is CC1(c2ccc(N3CCOCC3)cc2)NC(=S)N(c2cccnc2)C1=O. The topological polar surface area (TPSA) is 57.7 Å². The van der Waals surface area contributed by atoms with E-state index < -0.39 is 5.54 Å². The summed E-state index contributed by atoms with van der Waals surface area (Å²) < 4.78 is 5.40. The quantitative estimate of drug-likeness (QED) is 0.837. The summed E-state index contributed by atoms with van der Waals surface area (Å²) in [6.07, 6.45) is 3.31. The number of pyridine rings is 1. The molecule has 3 heterocycles. The van der Waals surface area contributed by atoms with Crippen molar-refractivity contribution in [3.05, 3.63) is 54.4 Å². The number of thiocarbonyl (C=S) groups is 1. The van der Waals surface area contributed by atoms with E-state index >= 15 is 0 Å². The fourth-order valence-corrected chi connectivity index (χ4v) is 3.77. The molecule has 0 spiro atoms. The number of morpholine rings is 1. The lowest BCUT2D eigenvalue weighted by Crippen LogP contribution is -2.41. The standard InChI is InChI=1S/C19H20N4O2S/c1-19(14-4-6-15(7-5-14)22-9-11-25-12-10-22)17(24)23(18(26)21-19)16-3-2-8-20-13-16/h2-8,13H,9-12H2,1H3,(H,21,26). The van der Waals surface area contributed by atoms with Crippen molar-refractivity contribution in [2.45, 2.75) is 12.5 Å². The normalized spacial score (nSPS) is 23.3. The number of nitrogens with one attached hydrogen (secondary N) is 1. The van der Waals surface area contributed by atoms with Gasteiger partial charge >= 0.3 is 0 Å². The molecule has 1 N–H and O–H groups in total. The molecule has 0 bridgehead atoms. The maximum atomic E-state index is 13.1. The van der Waals surface area contributed by atoms with Gasteiger partial charge in [-0.15, -0.1) is 0 Å². The van der Waals surface area contributed by atoms with Crippen LogP contribution in [0.4, 0.5) is 11.4 Å². The van der Waals surface area contributed by atoms with Gasteiger partial charge in [0.1, 0.15) is 5.54 Å². The van der Waals surface area contributed by atoms with Crippen molar-refractivity contribution in [3.63, 3.8) is 0 Å². The van der Waals surface area contributed by atoms with Crippen molar-refractivity contribution in [3.8, 4) is 0 Å². The van der Waals surface area contributed by atoms with Crippen molar-refractivity contribution >= 4 is 34.6 Å². The molecule has 1 atom stereocenters. The maximum Gasteiger partial charge on any atom is 0.263 e. The molecule has 26 heavy (non-hydrogen) atoms. The van der Waals surface area contributed by atoms with Gasteiger partial charge in [-0.1, -0.05) is 12.1 Å². The zero-order valence-electron chi connectivity index (χ0n) is 14.5. The monoisotopic (exact) mass is 368 g/mol. The summed E-state index contributed by atoms with van der Waals surface area (Å²) in [4.78, 5) is 21.0. The summed E-state index contributed by atoms with van der Waals surface area (Å²) in [5.74, 6) is -0.102. The summed E-state index contributed by atoms with van der Waals surface area (Å²) >= 11 is 5.42. The van der Waals surface area contributed by atoms with Gasteiger partial charge in [-0.25, -0.2) is 0 Å². The fraction of sp³-hybridized carbons (Fsp3) is 0.316. The number of carbonyl (C=O) groups is 1. The van der Waals surface area contributed by atoms with Gasteiger partial charge in [-0.05, 0) is 49.0 Å². The van der Waals surface area contributed by atoms with Gasteiger partial charge in [-0.2, -0.15) is 0 Å². The molecule has 2 saturated heterocycles. The first-order valence-corrected chi connectivity index (χ1v) is 9.00. The Morgan fingerprint density at radius 3 is 2.54 bits per heavy atom. The molecule has 2 fully saturated rings. The first kappa shape index (κ1) is 16.9. The summed E-state index contributed by atoms with van der Waals surface area (Å²) in [5, 5.41) is 3.58. The molecule has 0 aliphatic carbocycles. The average molecular weight is 368 g/mol. The van der Waals surface area contributed by atoms with Gasteiger partial charge in [0.25, 0.3) is 5.91 Å². The number of aromatic nitrogens is 1. The minimum absolute atomic E-state index is 0.102. The van der Waals surface area contributed by atoms with Crippen LogP contribution in [0.1, 0.15) is 12.5 Å². The second kappa shape index (κ2) is 6.66. The Bertz CT molecular complexity index is 821. The largest absolute Gasteiger partial charge is 0.378 e. The Kier molecular flexibility index (Phi) is 4.34. The van der Waals surface area contributed by atoms with Crippen molar-refractivity contribution in [1.82, 2.24) is 10.3 Å². The van der Waals surface area contributed by atoms with Crippen LogP contribution in [-0.4, -0.2) is 42.3 Å². The fourth-order valence-electron chi connectivity index (χ4n) is 3.38. The number of anilines is 2. The molecule has 134 valence electrons. The molecule has 0 radical (unpaired) electrons. The van der Waals surface area contributed by atoms with Crippen LogP contribution in [0.25, 0.3) is 0 Å². The zero-order valence-corrected chi connectivity index (χ0v) is 15.3. The van der Waals surface area contributed by atoms with E-state index in [1.807, 2.05) is 25.1 Å². The number of hydrogen-bond acceptors (Lipinski definition) is 5. The molecular formula is C19H20N4O2S. The average Bonchev–Trinajstić information content (AvgIpc) is 2.93. The Morgan fingerprint density at radius 2 is 1.88 bits per heavy atom. The highest BCUT2D eigenvalue weighted by Gasteiger charge is 2.47. The van der Waals surface area contributed by atoms with Crippen molar-refractivity contribution in [1.29, 1.82) is 0 Å². The Hall–Kier alpha value is -2.51. The second-order valence-electron chi connectivity index (χ2n) is 6.55. The molecule has 2 aromatic rings. The van der Waals surface area contributed by atoms with Gasteiger partial charge < -0.3 is 15.0 Å². The van der Waals surface area contributed by atoms with Crippen LogP contribution in [0.15, 0.2) is 48.8 Å². The van der Waals surface area contributed by atoms with Crippen LogP contribution >= 0.6 is 12.2 Å². The van der Waals surface area contributed by atoms with Crippen molar-refractivity contribution in [2.24, 2.45) is 0 Å². The van der Waals surface area contributed by atoms with E-state index in [9.17, 15) is 4.79 Å². The number of nitrogens with zero attached hydrogens (tertiary/aromatic N) is 3. The third-order valence-corrected chi connectivity index (χ3v) is 5.20. The lowest BCUT2D eigenvalue weighted by atomic mass is 9.91. The number of amides is 1. The van der Waals surface area contributed by atoms with E-state index in [4.69, 9.17) is 17.0 Å². The minimum atomic E-state index is -0.892. The van der Waals surface area contributed by atoms with Gasteiger partial charge in [0.15, 0.2) is 5.11 Å². The van der Waals surface area contributed by atoms with Crippen LogP contribution < -0.4 is 15.1 Å². The van der Waals surface area contributed by atoms with Crippen LogP contribution in [0, 0.1) is 0 Å². The smallest absolute Gasteiger partial charge is 0.263 e. The van der Waals surface area contributed by atoms with E-state index in [0.29, 0.717) is 10.8 Å². The molecule has 4 rings (SSSR count). The predicted molar refractivity (Wildman–Crippen MR) is 104 cm³/mol. The first-order valence-electron chi connectivity index (χ1n) is 8.59. The van der Waals surface area contributed by atoms with Gasteiger partial charge in [-0.3, -0.25) is 14.7 Å². The molecule has 1 aromatic carbocycles. The number of ether oxygens (including phenoxy) is 1. The van der Waals surface area contributed by atoms with Crippen LogP contribution in [0.3, 0.4) is 0 Å². The molecular weight excluding hydrogens is 348 g/mol. The van der Waals surface area contributed by atoms with Crippen LogP contribution in [0.2, 0.25) is 0 Å². The van der Waals surface area contributed by atoms with Gasteiger partial charge in [0, 0.05) is 25.0 Å². The maximum absolute atomic E-state index is 13.1. The molecule has 1 unspecified atom stereocenters. The minimum Gasteiger partial charge on any atom is -0.378 e. The van der Waals surface area contributed by atoms with E-state index in [0.717, 1.165) is 37.6 Å². The summed E-state index contributed by atoms with van der Waals surface area (Å²) in [5.41, 5.74) is 1.80. The third-order valence-electron chi connectivity index (χ3n) is 4.92. The zero-order chi connectivity index (χ0) is 18.1. The predicted octanol–water partition coefficient (Wildman–Crippen LogP) is 2.05. The van der Waals surface area contributed by atoms with E-state index in [1.54, 1.807) is 18.5 Å². The molecule has 1 aromatic heterocycles. The summed E-state index contributed by atoms with van der Waals surface area (Å²) in [6.45, 7) is 5.11. The Balaban J connectivity index is 1.60. The highest BCUT2D eigenvalue weighted by molar-refractivity contribution is 7.80. The van der Waals surface area contributed by atoms with Crippen LogP contribution in [-0.2, 0) is 15.1 Å². The number of rotatable bonds is 3. The number of carbonyl (C=O) groups excluding carboxylic acids is 1. The second-order valence-corrected chi connectivity index (χ2v) is 6.94. The summed E-state index contributed by atoms with van der Waals surface area (Å²) in [7, 11) is 0. The molecule has 0 saturated carbocycles. The number of hydrogen-bond donors (Lipinski definition) is 1. The number of benzene rings is 1. The Labute approximate surface area is 157 Å². The molecule has 1 amide bonds. The molecule has 2 aliphatic rings. The van der Waals surface area contributed by atoms with Crippen molar-refractivity contribution < 1.29 is 9.53 Å². The van der Waals surface area contributed by atoms with E-state index in [1.165, 1.54) is 4.90 Å². The highest BCUT2D eigenvalue weighted by atomic mass is 32.1.